The highest BCUT2D eigenvalue weighted by atomic mass is 16.5. The smallest absolute Gasteiger partial charge is 0.119 e. The molecule has 0 bridgehead atoms. The lowest BCUT2D eigenvalue weighted by atomic mass is 10.0. The first kappa shape index (κ1) is 19.7. The van der Waals surface area contributed by atoms with Gasteiger partial charge < -0.3 is 9.47 Å². The van der Waals surface area contributed by atoms with E-state index in [1.807, 2.05) is 24.3 Å². The maximum Gasteiger partial charge on any atom is 0.119 e. The number of hydrogen-bond acceptors (Lipinski definition) is 3. The highest BCUT2D eigenvalue weighted by Gasteiger charge is 2.10. The van der Waals surface area contributed by atoms with Gasteiger partial charge in [0.25, 0.3) is 0 Å². The van der Waals surface area contributed by atoms with Gasteiger partial charge in [-0.25, -0.2) is 0 Å². The Bertz CT molecular complexity index is 662. The van der Waals surface area contributed by atoms with Gasteiger partial charge in [-0.3, -0.25) is 0 Å². The van der Waals surface area contributed by atoms with Gasteiger partial charge in [0.2, 0.25) is 0 Å². The van der Waals surface area contributed by atoms with Crippen LogP contribution in [0.3, 0.4) is 0 Å². The summed E-state index contributed by atoms with van der Waals surface area (Å²) in [6.07, 6.45) is 0. The van der Waals surface area contributed by atoms with Crippen molar-refractivity contribution < 1.29 is 9.47 Å². The van der Waals surface area contributed by atoms with Gasteiger partial charge in [0.05, 0.1) is 13.2 Å². The Labute approximate surface area is 155 Å². The van der Waals surface area contributed by atoms with Crippen LogP contribution < -0.4 is 9.47 Å². The lowest BCUT2D eigenvalue weighted by molar-refractivity contribution is 0.220. The van der Waals surface area contributed by atoms with Crippen molar-refractivity contribution in [2.24, 2.45) is 5.11 Å². The molecular weight excluding hydrogens is 326 g/mol. The molecule has 2 aromatic rings. The third-order valence-electron chi connectivity index (χ3n) is 4.19. The van der Waals surface area contributed by atoms with E-state index in [4.69, 9.17) is 15.0 Å². The van der Waals surface area contributed by atoms with Crippen molar-refractivity contribution in [3.05, 3.63) is 70.1 Å². The van der Waals surface area contributed by atoms with Crippen molar-refractivity contribution >= 4 is 0 Å². The molecule has 26 heavy (non-hydrogen) atoms. The first-order valence-electron chi connectivity index (χ1n) is 8.99. The number of benzene rings is 2. The molecule has 0 aliphatic heterocycles. The number of hydrogen-bond donors (Lipinski definition) is 0. The maximum absolute atomic E-state index is 8.77. The van der Waals surface area contributed by atoms with Crippen molar-refractivity contribution in [3.63, 3.8) is 0 Å². The Kier molecular flexibility index (Phi) is 7.37. The topological polar surface area (TPSA) is 67.2 Å². The summed E-state index contributed by atoms with van der Waals surface area (Å²) in [5.41, 5.74) is 11.3. The summed E-state index contributed by atoms with van der Waals surface area (Å²) < 4.78 is 11.5. The number of ether oxygens (including phenoxy) is 2. The monoisotopic (exact) mass is 353 g/mol. The van der Waals surface area contributed by atoms with E-state index >= 15 is 0 Å². The number of rotatable bonds is 9. The summed E-state index contributed by atoms with van der Waals surface area (Å²) >= 11 is 0. The van der Waals surface area contributed by atoms with E-state index in [0.717, 1.165) is 11.5 Å². The second-order valence-corrected chi connectivity index (χ2v) is 6.93. The van der Waals surface area contributed by atoms with Crippen LogP contribution in [0.1, 0.15) is 50.7 Å². The Morgan fingerprint density at radius 3 is 1.46 bits per heavy atom. The maximum atomic E-state index is 8.77. The van der Waals surface area contributed by atoms with Crippen LogP contribution in [0, 0.1) is 0 Å². The second kappa shape index (κ2) is 9.73. The molecule has 0 unspecified atom stereocenters. The Balaban J connectivity index is 1.88. The second-order valence-electron chi connectivity index (χ2n) is 6.93. The van der Waals surface area contributed by atoms with Crippen molar-refractivity contribution in [3.8, 4) is 11.5 Å². The molecule has 5 heteroatoms. The molecule has 0 saturated carbocycles. The van der Waals surface area contributed by atoms with Crippen LogP contribution in [0.15, 0.2) is 53.6 Å². The van der Waals surface area contributed by atoms with Crippen LogP contribution in [-0.2, 0) is 0 Å². The minimum Gasteiger partial charge on any atom is -0.493 e. The standard InChI is InChI=1S/C21H27N3O2/c1-15(2)17-5-9-20(10-6-17)25-13-19(23-24-22)14-26-21-11-7-18(8-12-21)16(3)4/h5-12,15-16,19H,13-14H2,1-4H3. The molecule has 2 rings (SSSR count). The van der Waals surface area contributed by atoms with Gasteiger partial charge in [-0.15, -0.1) is 0 Å². The number of nitrogens with zero attached hydrogens (tertiary/aromatic N) is 3. The molecule has 0 aliphatic carbocycles. The molecule has 0 saturated heterocycles. The molecule has 0 N–H and O–H groups in total. The molecule has 5 nitrogen and oxygen atoms in total. The largest absolute Gasteiger partial charge is 0.493 e. The number of azide groups is 1. The van der Waals surface area contributed by atoms with Gasteiger partial charge in [-0.05, 0) is 52.8 Å². The molecule has 0 aromatic heterocycles. The van der Waals surface area contributed by atoms with Gasteiger partial charge in [0, 0.05) is 4.91 Å². The molecule has 2 aromatic carbocycles. The van der Waals surface area contributed by atoms with E-state index in [1.54, 1.807) is 0 Å². The van der Waals surface area contributed by atoms with Crippen molar-refractivity contribution in [1.29, 1.82) is 0 Å². The molecule has 0 aliphatic rings. The van der Waals surface area contributed by atoms with Gasteiger partial charge >= 0.3 is 0 Å². The minimum atomic E-state index is -0.394. The van der Waals surface area contributed by atoms with Crippen molar-refractivity contribution in [2.45, 2.75) is 45.6 Å². The molecule has 138 valence electrons. The molecule has 0 radical (unpaired) electrons. The van der Waals surface area contributed by atoms with E-state index in [9.17, 15) is 0 Å². The average molecular weight is 353 g/mol. The fraction of sp³-hybridized carbons (Fsp3) is 0.429. The third-order valence-corrected chi connectivity index (χ3v) is 4.19. The minimum absolute atomic E-state index is 0.273. The predicted octanol–water partition coefficient (Wildman–Crippen LogP) is 6.07. The molecule has 0 atom stereocenters. The van der Waals surface area contributed by atoms with Crippen LogP contribution in [0.2, 0.25) is 0 Å². The van der Waals surface area contributed by atoms with Crippen LogP contribution >= 0.6 is 0 Å². The Morgan fingerprint density at radius 2 is 1.15 bits per heavy atom. The molecule has 0 amide bonds. The lowest BCUT2D eigenvalue weighted by Gasteiger charge is -2.15. The molecule has 0 fully saturated rings. The Hall–Kier alpha value is -2.65. The molecule has 0 heterocycles. The predicted molar refractivity (Wildman–Crippen MR) is 105 cm³/mol. The lowest BCUT2D eigenvalue weighted by Crippen LogP contribution is -2.23. The van der Waals surface area contributed by atoms with Crippen LogP contribution in [-0.4, -0.2) is 19.3 Å². The van der Waals surface area contributed by atoms with Crippen LogP contribution in [0.4, 0.5) is 0 Å². The summed E-state index contributed by atoms with van der Waals surface area (Å²) in [7, 11) is 0. The van der Waals surface area contributed by atoms with Gasteiger partial charge in [0.15, 0.2) is 0 Å². The van der Waals surface area contributed by atoms with Gasteiger partial charge in [-0.2, -0.15) is 0 Å². The van der Waals surface area contributed by atoms with Crippen LogP contribution in [0.25, 0.3) is 10.4 Å². The Morgan fingerprint density at radius 1 is 0.769 bits per heavy atom. The fourth-order valence-corrected chi connectivity index (χ4v) is 2.47. The van der Waals surface area contributed by atoms with Gasteiger partial charge in [-0.1, -0.05) is 57.1 Å². The summed E-state index contributed by atoms with van der Waals surface area (Å²) in [6, 6.07) is 15.6. The van der Waals surface area contributed by atoms with Crippen LogP contribution in [0.5, 0.6) is 11.5 Å². The fourth-order valence-electron chi connectivity index (χ4n) is 2.47. The normalized spacial score (nSPS) is 10.9. The van der Waals surface area contributed by atoms with E-state index in [0.29, 0.717) is 11.8 Å². The molecular formula is C21H27N3O2. The van der Waals surface area contributed by atoms with Crippen molar-refractivity contribution in [2.75, 3.05) is 13.2 Å². The first-order valence-corrected chi connectivity index (χ1v) is 8.99. The third kappa shape index (κ3) is 6.01. The average Bonchev–Trinajstić information content (AvgIpc) is 2.64. The zero-order valence-corrected chi connectivity index (χ0v) is 15.9. The zero-order chi connectivity index (χ0) is 18.9. The summed E-state index contributed by atoms with van der Waals surface area (Å²) in [4.78, 5) is 2.90. The highest BCUT2D eigenvalue weighted by Crippen LogP contribution is 2.20. The quantitative estimate of drug-likeness (QED) is 0.312. The zero-order valence-electron chi connectivity index (χ0n) is 15.9. The van der Waals surface area contributed by atoms with E-state index < -0.39 is 6.04 Å². The summed E-state index contributed by atoms with van der Waals surface area (Å²) in [5.74, 6) is 2.48. The van der Waals surface area contributed by atoms with E-state index in [2.05, 4.69) is 62.0 Å². The molecule has 0 spiro atoms. The SMILES string of the molecule is CC(C)c1ccc(OCC(COc2ccc(C(C)C)cc2)N=[N+]=[N-])cc1. The van der Waals surface area contributed by atoms with Crippen molar-refractivity contribution in [1.82, 2.24) is 0 Å². The van der Waals surface area contributed by atoms with E-state index in [1.165, 1.54) is 11.1 Å². The highest BCUT2D eigenvalue weighted by molar-refractivity contribution is 5.30. The van der Waals surface area contributed by atoms with E-state index in [-0.39, 0.29) is 13.2 Å². The first-order chi connectivity index (χ1) is 12.5. The summed E-state index contributed by atoms with van der Waals surface area (Å²) in [5, 5.41) is 3.78. The van der Waals surface area contributed by atoms with Gasteiger partial charge in [0.1, 0.15) is 17.5 Å². The summed E-state index contributed by atoms with van der Waals surface area (Å²) in [6.45, 7) is 9.15.